The molecule has 3 rings (SSSR count). The second-order valence-electron chi connectivity index (χ2n) is 6.67. The van der Waals surface area contributed by atoms with E-state index in [1.807, 2.05) is 0 Å². The SMILES string of the molecule is Cc1cc2ccc(OCC(O)CC3=CC(=O)C(C)(C)O3)cc2oc1=O. The first-order valence-corrected chi connectivity index (χ1v) is 8.04. The Bertz CT molecular complexity index is 906. The van der Waals surface area contributed by atoms with Crippen LogP contribution in [-0.4, -0.2) is 29.2 Å². The molecule has 132 valence electrons. The third kappa shape index (κ3) is 3.74. The second kappa shape index (κ2) is 6.37. The van der Waals surface area contributed by atoms with Crippen molar-refractivity contribution in [3.63, 3.8) is 0 Å². The molecule has 6 heteroatoms. The molecule has 25 heavy (non-hydrogen) atoms. The van der Waals surface area contributed by atoms with Gasteiger partial charge in [0.1, 0.15) is 23.7 Å². The summed E-state index contributed by atoms with van der Waals surface area (Å²) in [6.45, 7) is 5.09. The maximum Gasteiger partial charge on any atom is 0.339 e. The Morgan fingerprint density at radius 1 is 1.24 bits per heavy atom. The van der Waals surface area contributed by atoms with E-state index in [1.165, 1.54) is 6.08 Å². The van der Waals surface area contributed by atoms with E-state index in [9.17, 15) is 14.7 Å². The van der Waals surface area contributed by atoms with Crippen molar-refractivity contribution in [2.24, 2.45) is 0 Å². The fraction of sp³-hybridized carbons (Fsp3) is 0.368. The number of fused-ring (bicyclic) bond motifs is 1. The number of carbonyl (C=O) groups excluding carboxylic acids is 1. The van der Waals surface area contributed by atoms with Crippen LogP contribution in [0.3, 0.4) is 0 Å². The lowest BCUT2D eigenvalue weighted by atomic mass is 10.1. The molecule has 0 saturated carbocycles. The van der Waals surface area contributed by atoms with Crippen molar-refractivity contribution in [1.29, 1.82) is 0 Å². The highest BCUT2D eigenvalue weighted by atomic mass is 16.5. The molecule has 1 unspecified atom stereocenters. The van der Waals surface area contributed by atoms with Crippen LogP contribution in [0.1, 0.15) is 25.8 Å². The Kier molecular flexibility index (Phi) is 4.39. The lowest BCUT2D eigenvalue weighted by molar-refractivity contribution is -0.127. The van der Waals surface area contributed by atoms with Crippen LogP contribution in [0.5, 0.6) is 5.75 Å². The van der Waals surface area contributed by atoms with Gasteiger partial charge in [0, 0.05) is 29.5 Å². The van der Waals surface area contributed by atoms with Gasteiger partial charge >= 0.3 is 5.63 Å². The fourth-order valence-electron chi connectivity index (χ4n) is 2.60. The second-order valence-corrected chi connectivity index (χ2v) is 6.67. The Hall–Kier alpha value is -2.60. The van der Waals surface area contributed by atoms with Crippen molar-refractivity contribution in [2.45, 2.75) is 38.9 Å². The lowest BCUT2D eigenvalue weighted by Crippen LogP contribution is -2.28. The van der Waals surface area contributed by atoms with E-state index in [0.717, 1.165) is 5.39 Å². The number of ether oxygens (including phenoxy) is 2. The molecule has 1 aromatic heterocycles. The van der Waals surface area contributed by atoms with Crippen LogP contribution >= 0.6 is 0 Å². The van der Waals surface area contributed by atoms with Crippen molar-refractivity contribution < 1.29 is 23.8 Å². The number of hydrogen-bond donors (Lipinski definition) is 1. The summed E-state index contributed by atoms with van der Waals surface area (Å²) < 4.78 is 16.3. The zero-order chi connectivity index (χ0) is 18.2. The average Bonchev–Trinajstić information content (AvgIpc) is 2.78. The van der Waals surface area contributed by atoms with E-state index in [0.29, 0.717) is 22.7 Å². The standard InChI is InChI=1S/C19H20O6/c1-11-6-12-4-5-14(8-16(12)24-18(11)22)23-10-13(20)7-15-9-17(21)19(2,3)25-15/h4-6,8-9,13,20H,7,10H2,1-3H3. The minimum absolute atomic E-state index is 0.0247. The minimum atomic E-state index is -0.871. The number of benzene rings is 1. The van der Waals surface area contributed by atoms with Crippen LogP contribution in [-0.2, 0) is 9.53 Å². The summed E-state index contributed by atoms with van der Waals surface area (Å²) >= 11 is 0. The minimum Gasteiger partial charge on any atom is -0.491 e. The Labute approximate surface area is 144 Å². The molecule has 0 aliphatic carbocycles. The van der Waals surface area contributed by atoms with Crippen LogP contribution in [0.15, 0.2) is 45.3 Å². The first-order chi connectivity index (χ1) is 11.7. The van der Waals surface area contributed by atoms with Crippen molar-refractivity contribution in [3.8, 4) is 5.75 Å². The molecule has 0 bridgehead atoms. The summed E-state index contributed by atoms with van der Waals surface area (Å²) in [6, 6.07) is 6.90. The summed E-state index contributed by atoms with van der Waals surface area (Å²) in [5, 5.41) is 10.9. The molecule has 2 aromatic rings. The monoisotopic (exact) mass is 344 g/mol. The third-order valence-corrected chi connectivity index (χ3v) is 4.03. The molecule has 2 heterocycles. The molecule has 1 N–H and O–H groups in total. The molecule has 1 aromatic carbocycles. The molecule has 0 saturated heterocycles. The predicted octanol–water partition coefficient (Wildman–Crippen LogP) is 2.49. The molecular weight excluding hydrogens is 324 g/mol. The van der Waals surface area contributed by atoms with Crippen LogP contribution in [0.25, 0.3) is 11.0 Å². The smallest absolute Gasteiger partial charge is 0.339 e. The topological polar surface area (TPSA) is 86.0 Å². The van der Waals surface area contributed by atoms with Crippen LogP contribution in [0, 0.1) is 6.92 Å². The molecular formula is C19H20O6. The fourth-order valence-corrected chi connectivity index (χ4v) is 2.60. The molecule has 1 aliphatic heterocycles. The van der Waals surface area contributed by atoms with Crippen molar-refractivity contribution in [3.05, 3.63) is 52.1 Å². The molecule has 0 fully saturated rings. The number of rotatable bonds is 5. The number of aliphatic hydroxyl groups excluding tert-OH is 1. The van der Waals surface area contributed by atoms with Gasteiger partial charge in [-0.2, -0.15) is 0 Å². The molecule has 0 spiro atoms. The number of carbonyl (C=O) groups is 1. The normalized spacial score (nSPS) is 17.3. The first kappa shape index (κ1) is 17.2. The van der Waals surface area contributed by atoms with Crippen LogP contribution in [0.2, 0.25) is 0 Å². The molecule has 0 radical (unpaired) electrons. The van der Waals surface area contributed by atoms with Gasteiger partial charge in [-0.15, -0.1) is 0 Å². The van der Waals surface area contributed by atoms with E-state index in [4.69, 9.17) is 13.9 Å². The van der Waals surface area contributed by atoms with Gasteiger partial charge in [0.2, 0.25) is 5.78 Å². The highest BCUT2D eigenvalue weighted by molar-refractivity contribution is 5.98. The Balaban J connectivity index is 1.62. The number of aliphatic hydroxyl groups is 1. The Morgan fingerprint density at radius 2 is 2.00 bits per heavy atom. The van der Waals surface area contributed by atoms with Gasteiger partial charge in [0.25, 0.3) is 0 Å². The first-order valence-electron chi connectivity index (χ1n) is 8.04. The zero-order valence-electron chi connectivity index (χ0n) is 14.4. The van der Waals surface area contributed by atoms with Gasteiger partial charge in [-0.1, -0.05) is 0 Å². The van der Waals surface area contributed by atoms with Crippen LogP contribution < -0.4 is 10.4 Å². The van der Waals surface area contributed by atoms with Gasteiger partial charge in [0.05, 0.1) is 6.10 Å². The molecule has 0 amide bonds. The number of aryl methyl sites for hydroxylation is 1. The summed E-state index contributed by atoms with van der Waals surface area (Å²) in [6.07, 6.45) is 0.779. The largest absolute Gasteiger partial charge is 0.491 e. The third-order valence-electron chi connectivity index (χ3n) is 4.03. The lowest BCUT2D eigenvalue weighted by Gasteiger charge is -2.19. The van der Waals surface area contributed by atoms with Gasteiger partial charge < -0.3 is 19.0 Å². The average molecular weight is 344 g/mol. The van der Waals surface area contributed by atoms with Gasteiger partial charge in [0.15, 0.2) is 5.60 Å². The van der Waals surface area contributed by atoms with E-state index in [1.54, 1.807) is 45.0 Å². The van der Waals surface area contributed by atoms with E-state index >= 15 is 0 Å². The number of ketones is 1. The maximum absolute atomic E-state index is 11.7. The van der Waals surface area contributed by atoms with E-state index < -0.39 is 11.7 Å². The van der Waals surface area contributed by atoms with E-state index in [2.05, 4.69) is 0 Å². The van der Waals surface area contributed by atoms with Crippen molar-refractivity contribution in [2.75, 3.05) is 6.61 Å². The van der Waals surface area contributed by atoms with Crippen molar-refractivity contribution >= 4 is 16.8 Å². The van der Waals surface area contributed by atoms with Crippen LogP contribution in [0.4, 0.5) is 0 Å². The summed E-state index contributed by atoms with van der Waals surface area (Å²) in [5.41, 5.74) is -0.290. The molecule has 1 aliphatic rings. The molecule has 6 nitrogen and oxygen atoms in total. The van der Waals surface area contributed by atoms with E-state index in [-0.39, 0.29) is 24.4 Å². The van der Waals surface area contributed by atoms with Gasteiger partial charge in [-0.05, 0) is 39.0 Å². The summed E-state index contributed by atoms with van der Waals surface area (Å²) in [7, 11) is 0. The maximum atomic E-state index is 11.7. The quantitative estimate of drug-likeness (QED) is 0.839. The van der Waals surface area contributed by atoms with Crippen molar-refractivity contribution in [1.82, 2.24) is 0 Å². The number of hydrogen-bond acceptors (Lipinski definition) is 6. The van der Waals surface area contributed by atoms with Gasteiger partial charge in [-0.25, -0.2) is 4.79 Å². The summed E-state index contributed by atoms with van der Waals surface area (Å²) in [5.74, 6) is 0.817. The predicted molar refractivity (Wildman–Crippen MR) is 91.6 cm³/mol. The zero-order valence-corrected chi connectivity index (χ0v) is 14.4. The highest BCUT2D eigenvalue weighted by Gasteiger charge is 2.35. The molecule has 1 atom stereocenters. The Morgan fingerprint density at radius 3 is 2.68 bits per heavy atom. The van der Waals surface area contributed by atoms with Gasteiger partial charge in [-0.3, -0.25) is 4.79 Å². The highest BCUT2D eigenvalue weighted by Crippen LogP contribution is 2.27. The summed E-state index contributed by atoms with van der Waals surface area (Å²) in [4.78, 5) is 23.3.